The zero-order valence-corrected chi connectivity index (χ0v) is 20.6. The summed E-state index contributed by atoms with van der Waals surface area (Å²) >= 11 is 1.23. The molecule has 0 aliphatic heterocycles. The van der Waals surface area contributed by atoms with Crippen LogP contribution in [0.15, 0.2) is 60.7 Å². The highest BCUT2D eigenvalue weighted by Gasteiger charge is 2.20. The lowest BCUT2D eigenvalue weighted by Crippen LogP contribution is -2.33. The average Bonchev–Trinajstić information content (AvgIpc) is 3.25. The minimum Gasteiger partial charge on any atom is -0.462 e. The van der Waals surface area contributed by atoms with E-state index >= 15 is 0 Å². The van der Waals surface area contributed by atoms with Crippen LogP contribution in [-0.2, 0) is 25.3 Å². The molecule has 0 spiro atoms. The first-order valence-electron chi connectivity index (χ1n) is 10.8. The van der Waals surface area contributed by atoms with Crippen LogP contribution in [0.25, 0.3) is 10.4 Å². The van der Waals surface area contributed by atoms with Gasteiger partial charge in [-0.2, -0.15) is 0 Å². The summed E-state index contributed by atoms with van der Waals surface area (Å²) < 4.78 is 16.5. The fourth-order valence-electron chi connectivity index (χ4n) is 3.18. The number of ether oxygens (including phenoxy) is 1. The van der Waals surface area contributed by atoms with E-state index in [1.54, 1.807) is 19.1 Å². The number of hydrogen-bond acceptors (Lipinski definition) is 6. The number of anilines is 1. The Labute approximate surface area is 206 Å². The summed E-state index contributed by atoms with van der Waals surface area (Å²) in [6.45, 7) is 1.58. The molecule has 9 nitrogen and oxygen atoms in total. The molecule has 1 heterocycles. The van der Waals surface area contributed by atoms with Crippen molar-refractivity contribution in [3.8, 4) is 10.4 Å². The quantitative estimate of drug-likeness (QED) is 0.240. The third-order valence-electron chi connectivity index (χ3n) is 4.87. The van der Waals surface area contributed by atoms with Crippen molar-refractivity contribution in [1.29, 1.82) is 0 Å². The highest BCUT2D eigenvalue weighted by atomic mass is 32.1. The normalized spacial score (nSPS) is 11.1. The lowest BCUT2D eigenvalue weighted by molar-refractivity contribution is -0.124. The van der Waals surface area contributed by atoms with Gasteiger partial charge in [-0.25, -0.2) is 4.79 Å². The third-order valence-corrected chi connectivity index (χ3v) is 6.92. The van der Waals surface area contributed by atoms with E-state index in [1.807, 2.05) is 30.3 Å². The minimum atomic E-state index is -4.37. The molecule has 35 heavy (non-hydrogen) atoms. The Bertz CT molecular complexity index is 1250. The number of amides is 2. The van der Waals surface area contributed by atoms with Crippen LogP contribution in [0.4, 0.5) is 5.00 Å². The lowest BCUT2D eigenvalue weighted by atomic mass is 10.1. The van der Waals surface area contributed by atoms with Gasteiger partial charge in [0.2, 0.25) is 11.8 Å². The molecule has 0 atom stereocenters. The number of benzene rings is 2. The van der Waals surface area contributed by atoms with E-state index in [0.717, 1.165) is 10.4 Å². The van der Waals surface area contributed by atoms with Crippen molar-refractivity contribution in [2.75, 3.05) is 18.5 Å². The number of hydrogen-bond donors (Lipinski definition) is 4. The zero-order valence-electron chi connectivity index (χ0n) is 18.9. The first-order chi connectivity index (χ1) is 16.7. The largest absolute Gasteiger partial charge is 0.462 e. The topological polar surface area (TPSA) is 142 Å². The predicted octanol–water partition coefficient (Wildman–Crippen LogP) is 3.08. The van der Waals surface area contributed by atoms with Crippen molar-refractivity contribution in [3.63, 3.8) is 0 Å². The van der Waals surface area contributed by atoms with Gasteiger partial charge in [-0.3, -0.25) is 14.2 Å². The molecule has 0 unspecified atom stereocenters. The van der Waals surface area contributed by atoms with Crippen LogP contribution in [0.2, 0.25) is 0 Å². The van der Waals surface area contributed by atoms with Gasteiger partial charge in [0.25, 0.3) is 0 Å². The smallest absolute Gasteiger partial charge is 0.356 e. The van der Waals surface area contributed by atoms with E-state index in [9.17, 15) is 28.7 Å². The summed E-state index contributed by atoms with van der Waals surface area (Å²) in [4.78, 5) is 56.3. The first-order valence-corrected chi connectivity index (χ1v) is 13.2. The predicted molar refractivity (Wildman–Crippen MR) is 134 cm³/mol. The van der Waals surface area contributed by atoms with Crippen LogP contribution < -0.4 is 15.9 Å². The molecule has 0 bridgehead atoms. The van der Waals surface area contributed by atoms with Gasteiger partial charge in [-0.15, -0.1) is 11.3 Å². The molecule has 11 heteroatoms. The van der Waals surface area contributed by atoms with Crippen molar-refractivity contribution >= 4 is 47.0 Å². The number of nitrogens with one attached hydrogen (secondary N) is 2. The molecule has 0 radical (unpaired) electrons. The number of carbonyl (C=O) groups is 3. The molecule has 2 aromatic carbocycles. The van der Waals surface area contributed by atoms with Gasteiger partial charge in [-0.05, 0) is 42.7 Å². The fraction of sp³-hybridized carbons (Fsp3) is 0.208. The molecule has 3 aromatic rings. The second-order valence-electron chi connectivity index (χ2n) is 7.48. The van der Waals surface area contributed by atoms with E-state index in [2.05, 4.69) is 10.6 Å². The summed E-state index contributed by atoms with van der Waals surface area (Å²) in [6, 6.07) is 16.9. The molecule has 4 N–H and O–H groups in total. The van der Waals surface area contributed by atoms with Gasteiger partial charge >= 0.3 is 13.6 Å². The molecule has 0 saturated carbocycles. The zero-order chi connectivity index (χ0) is 25.4. The molecule has 184 valence electrons. The second kappa shape index (κ2) is 11.9. The molecule has 0 aliphatic carbocycles. The minimum absolute atomic E-state index is 0.0309. The molecular weight excluding hydrogens is 491 g/mol. The van der Waals surface area contributed by atoms with Crippen LogP contribution in [0.5, 0.6) is 0 Å². The second-order valence-corrected chi connectivity index (χ2v) is 10.1. The van der Waals surface area contributed by atoms with Crippen molar-refractivity contribution in [2.45, 2.75) is 19.8 Å². The van der Waals surface area contributed by atoms with Gasteiger partial charge in [0.15, 0.2) is 0 Å². The van der Waals surface area contributed by atoms with Gasteiger partial charge in [0, 0.05) is 11.3 Å². The molecule has 0 saturated heterocycles. The van der Waals surface area contributed by atoms with Crippen LogP contribution >= 0.6 is 18.9 Å². The number of carbonyl (C=O) groups excluding carboxylic acids is 3. The Morgan fingerprint density at radius 3 is 2.43 bits per heavy atom. The molecule has 2 amide bonds. The standard InChI is InChI=1S/C24H25N2O7PS/c1-2-33-24(29)19-14-20(17-8-4-3-5-9-17)35-23(19)26-22(28)15-25-21(27)12-11-16-7-6-10-18(13-16)34(30,31)32/h3-10,13-14H,2,11-12,15H2,1H3,(H,25,27)(H,26,28)(H2,30,31,32). The van der Waals surface area contributed by atoms with Gasteiger partial charge in [0.05, 0.1) is 24.0 Å². The molecule has 3 rings (SSSR count). The van der Waals surface area contributed by atoms with Crippen LogP contribution in [0.1, 0.15) is 29.3 Å². The summed E-state index contributed by atoms with van der Waals surface area (Å²) in [5, 5.41) is 5.40. The first kappa shape index (κ1) is 26.3. The van der Waals surface area contributed by atoms with Crippen LogP contribution in [-0.4, -0.2) is 40.7 Å². The van der Waals surface area contributed by atoms with Crippen LogP contribution in [0.3, 0.4) is 0 Å². The molecular formula is C24H25N2O7PS. The van der Waals surface area contributed by atoms with E-state index < -0.39 is 25.4 Å². The SMILES string of the molecule is CCOC(=O)c1cc(-c2ccccc2)sc1NC(=O)CNC(=O)CCc1cccc(P(=O)(O)O)c1. The number of rotatable bonds is 10. The van der Waals surface area contributed by atoms with Crippen molar-refractivity contribution in [1.82, 2.24) is 5.32 Å². The van der Waals surface area contributed by atoms with Crippen molar-refractivity contribution in [2.24, 2.45) is 0 Å². The third kappa shape index (κ3) is 7.60. The number of thiophene rings is 1. The van der Waals surface area contributed by atoms with Crippen molar-refractivity contribution in [3.05, 3.63) is 71.8 Å². The summed E-state index contributed by atoms with van der Waals surface area (Å²) in [6.07, 6.45) is 0.281. The summed E-state index contributed by atoms with van der Waals surface area (Å²) in [5.41, 5.74) is 1.72. The average molecular weight is 517 g/mol. The maximum Gasteiger partial charge on any atom is 0.356 e. The van der Waals surface area contributed by atoms with Gasteiger partial charge < -0.3 is 25.2 Å². The molecule has 1 aromatic heterocycles. The van der Waals surface area contributed by atoms with Gasteiger partial charge in [0.1, 0.15) is 5.00 Å². The number of aryl methyl sites for hydroxylation is 1. The summed E-state index contributed by atoms with van der Waals surface area (Å²) in [7, 11) is -4.37. The Morgan fingerprint density at radius 2 is 1.74 bits per heavy atom. The van der Waals surface area contributed by atoms with Gasteiger partial charge in [-0.1, -0.05) is 42.5 Å². The summed E-state index contributed by atoms with van der Waals surface area (Å²) in [5.74, 6) is -1.46. The van der Waals surface area contributed by atoms with Crippen LogP contribution in [0, 0.1) is 0 Å². The lowest BCUT2D eigenvalue weighted by Gasteiger charge is -2.08. The molecule has 0 fully saturated rings. The Kier molecular flexibility index (Phi) is 8.95. The van der Waals surface area contributed by atoms with E-state index in [-0.39, 0.29) is 36.9 Å². The fourth-order valence-corrected chi connectivity index (χ4v) is 4.86. The van der Waals surface area contributed by atoms with E-state index in [1.165, 1.54) is 29.5 Å². The maximum absolute atomic E-state index is 12.5. The maximum atomic E-state index is 12.5. The highest BCUT2D eigenvalue weighted by Crippen LogP contribution is 2.36. The monoisotopic (exact) mass is 516 g/mol. The Hall–Kier alpha value is -3.30. The Morgan fingerprint density at radius 1 is 1.00 bits per heavy atom. The highest BCUT2D eigenvalue weighted by molar-refractivity contribution is 7.60. The van der Waals surface area contributed by atoms with E-state index in [4.69, 9.17) is 4.74 Å². The number of esters is 1. The van der Waals surface area contributed by atoms with Crippen molar-refractivity contribution < 1.29 is 33.5 Å². The van der Waals surface area contributed by atoms with E-state index in [0.29, 0.717) is 10.6 Å². The Balaban J connectivity index is 1.59. The molecule has 0 aliphatic rings.